The highest BCUT2D eigenvalue weighted by Gasteiger charge is 2.07. The summed E-state index contributed by atoms with van der Waals surface area (Å²) >= 11 is 5.96. The Morgan fingerprint density at radius 1 is 1.64 bits per heavy atom. The molecule has 3 nitrogen and oxygen atoms in total. The molecule has 1 rings (SSSR count). The van der Waals surface area contributed by atoms with Crippen LogP contribution in [0.25, 0.3) is 5.03 Å². The standard InChI is InChI=1S/C10H11ClN2O/c1-4-7(11)10-8(12-2)5-6-9(13-10)14-3/h4-6H,2H2,1,3H3/b7-4+. The van der Waals surface area contributed by atoms with Crippen LogP contribution in [-0.4, -0.2) is 18.8 Å². The van der Waals surface area contributed by atoms with Gasteiger partial charge in [0.1, 0.15) is 5.69 Å². The summed E-state index contributed by atoms with van der Waals surface area (Å²) in [5.74, 6) is 0.507. The lowest BCUT2D eigenvalue weighted by Gasteiger charge is -2.05. The Hall–Kier alpha value is -1.35. The van der Waals surface area contributed by atoms with Crippen molar-refractivity contribution >= 4 is 29.0 Å². The largest absolute Gasteiger partial charge is 0.481 e. The fraction of sp³-hybridized carbons (Fsp3) is 0.200. The number of hydrogen-bond donors (Lipinski definition) is 0. The van der Waals surface area contributed by atoms with E-state index in [1.165, 1.54) is 0 Å². The molecule has 0 aliphatic rings. The Kier molecular flexibility index (Phi) is 3.65. The summed E-state index contributed by atoms with van der Waals surface area (Å²) in [6, 6.07) is 3.48. The molecule has 0 spiro atoms. The molecular formula is C10H11ClN2O. The van der Waals surface area contributed by atoms with Gasteiger partial charge in [0, 0.05) is 6.07 Å². The number of methoxy groups -OCH3 is 1. The van der Waals surface area contributed by atoms with E-state index < -0.39 is 0 Å². The summed E-state index contributed by atoms with van der Waals surface area (Å²) in [4.78, 5) is 8.00. The predicted molar refractivity (Wildman–Crippen MR) is 59.5 cm³/mol. The third kappa shape index (κ3) is 2.12. The number of pyridine rings is 1. The molecule has 0 aliphatic heterocycles. The Morgan fingerprint density at radius 3 is 2.86 bits per heavy atom. The van der Waals surface area contributed by atoms with Gasteiger partial charge in [0.2, 0.25) is 5.88 Å². The van der Waals surface area contributed by atoms with Gasteiger partial charge in [-0.1, -0.05) is 17.7 Å². The van der Waals surface area contributed by atoms with E-state index in [2.05, 4.69) is 16.7 Å². The van der Waals surface area contributed by atoms with Crippen LogP contribution in [-0.2, 0) is 0 Å². The predicted octanol–water partition coefficient (Wildman–Crippen LogP) is 3.02. The summed E-state index contributed by atoms with van der Waals surface area (Å²) in [5, 5.41) is 0.534. The second-order valence-electron chi connectivity index (χ2n) is 2.52. The van der Waals surface area contributed by atoms with Crippen molar-refractivity contribution in [3.05, 3.63) is 23.9 Å². The summed E-state index contributed by atoms with van der Waals surface area (Å²) < 4.78 is 4.99. The van der Waals surface area contributed by atoms with E-state index in [0.717, 1.165) is 0 Å². The molecule has 14 heavy (non-hydrogen) atoms. The lowest BCUT2D eigenvalue weighted by atomic mass is 10.2. The van der Waals surface area contributed by atoms with Gasteiger partial charge >= 0.3 is 0 Å². The van der Waals surface area contributed by atoms with Gasteiger partial charge in [-0.15, -0.1) is 0 Å². The zero-order chi connectivity index (χ0) is 10.6. The van der Waals surface area contributed by atoms with Crippen LogP contribution >= 0.6 is 11.6 Å². The first-order valence-corrected chi connectivity index (χ1v) is 4.44. The molecule has 1 aromatic heterocycles. The van der Waals surface area contributed by atoms with Crippen molar-refractivity contribution in [1.29, 1.82) is 0 Å². The monoisotopic (exact) mass is 210 g/mol. The minimum absolute atomic E-state index is 0.507. The second kappa shape index (κ2) is 4.77. The number of allylic oxidation sites excluding steroid dienone is 1. The van der Waals surface area contributed by atoms with Gasteiger partial charge in [-0.2, -0.15) is 0 Å². The molecule has 0 bridgehead atoms. The quantitative estimate of drug-likeness (QED) is 0.719. The van der Waals surface area contributed by atoms with Gasteiger partial charge < -0.3 is 4.74 Å². The minimum atomic E-state index is 0.507. The first kappa shape index (κ1) is 10.7. The molecular weight excluding hydrogens is 200 g/mol. The molecule has 0 amide bonds. The Balaban J connectivity index is 3.28. The van der Waals surface area contributed by atoms with Gasteiger partial charge in [-0.25, -0.2) is 4.98 Å². The zero-order valence-electron chi connectivity index (χ0n) is 8.12. The molecule has 0 atom stereocenters. The number of aromatic nitrogens is 1. The highest BCUT2D eigenvalue weighted by molar-refractivity contribution is 6.48. The van der Waals surface area contributed by atoms with E-state index in [9.17, 15) is 0 Å². The number of nitrogens with zero attached hydrogens (tertiary/aromatic N) is 2. The van der Waals surface area contributed by atoms with E-state index in [1.54, 1.807) is 25.3 Å². The molecule has 1 heterocycles. The smallest absolute Gasteiger partial charge is 0.213 e. The maximum absolute atomic E-state index is 5.96. The number of rotatable bonds is 3. The summed E-state index contributed by atoms with van der Waals surface area (Å²) in [6.07, 6.45) is 1.75. The minimum Gasteiger partial charge on any atom is -0.481 e. The van der Waals surface area contributed by atoms with Gasteiger partial charge in [-0.05, 0) is 19.7 Å². The first-order valence-electron chi connectivity index (χ1n) is 4.07. The molecule has 0 unspecified atom stereocenters. The third-order valence-electron chi connectivity index (χ3n) is 1.71. The van der Waals surface area contributed by atoms with Crippen LogP contribution in [0, 0.1) is 0 Å². The van der Waals surface area contributed by atoms with Crippen LogP contribution in [0.3, 0.4) is 0 Å². The maximum Gasteiger partial charge on any atom is 0.213 e. The average Bonchev–Trinajstić information content (AvgIpc) is 2.27. The van der Waals surface area contributed by atoms with E-state index in [4.69, 9.17) is 16.3 Å². The first-order chi connectivity index (χ1) is 6.72. The molecule has 0 aromatic carbocycles. The van der Waals surface area contributed by atoms with Crippen molar-refractivity contribution in [2.24, 2.45) is 4.99 Å². The van der Waals surface area contributed by atoms with Crippen LogP contribution < -0.4 is 4.74 Å². The Labute approximate surface area is 88.1 Å². The van der Waals surface area contributed by atoms with E-state index in [0.29, 0.717) is 22.3 Å². The van der Waals surface area contributed by atoms with Gasteiger partial charge in [-0.3, -0.25) is 4.99 Å². The highest BCUT2D eigenvalue weighted by atomic mass is 35.5. The zero-order valence-corrected chi connectivity index (χ0v) is 8.88. The number of ether oxygens (including phenoxy) is 1. The van der Waals surface area contributed by atoms with Crippen molar-refractivity contribution < 1.29 is 4.74 Å². The number of halogens is 1. The lowest BCUT2D eigenvalue weighted by molar-refractivity contribution is 0.397. The van der Waals surface area contributed by atoms with Crippen molar-refractivity contribution in [2.75, 3.05) is 7.11 Å². The molecule has 0 N–H and O–H groups in total. The Bertz CT molecular complexity index is 374. The molecule has 4 heteroatoms. The van der Waals surface area contributed by atoms with E-state index in [-0.39, 0.29) is 0 Å². The van der Waals surface area contributed by atoms with Crippen molar-refractivity contribution in [3.8, 4) is 5.88 Å². The van der Waals surface area contributed by atoms with Gasteiger partial charge in [0.15, 0.2) is 0 Å². The summed E-state index contributed by atoms with van der Waals surface area (Å²) in [5.41, 5.74) is 1.23. The fourth-order valence-electron chi connectivity index (χ4n) is 0.988. The second-order valence-corrected chi connectivity index (χ2v) is 2.92. The average molecular weight is 211 g/mol. The molecule has 0 saturated heterocycles. The van der Waals surface area contributed by atoms with E-state index in [1.807, 2.05) is 6.92 Å². The molecule has 0 fully saturated rings. The van der Waals surface area contributed by atoms with Crippen molar-refractivity contribution in [1.82, 2.24) is 4.98 Å². The fourth-order valence-corrected chi connectivity index (χ4v) is 1.13. The SMILES string of the molecule is C=Nc1ccc(OC)nc1/C(Cl)=C\C. The molecule has 0 aliphatic carbocycles. The molecule has 1 aromatic rings. The Morgan fingerprint density at radius 2 is 2.36 bits per heavy atom. The van der Waals surface area contributed by atoms with Crippen LogP contribution in [0.4, 0.5) is 5.69 Å². The highest BCUT2D eigenvalue weighted by Crippen LogP contribution is 2.28. The number of aliphatic imine (C=N–C) groups is 1. The molecule has 0 saturated carbocycles. The summed E-state index contributed by atoms with van der Waals surface area (Å²) in [6.45, 7) is 5.28. The van der Waals surface area contributed by atoms with Gasteiger partial charge in [0.25, 0.3) is 0 Å². The van der Waals surface area contributed by atoms with Crippen molar-refractivity contribution in [3.63, 3.8) is 0 Å². The van der Waals surface area contributed by atoms with Crippen LogP contribution in [0.5, 0.6) is 5.88 Å². The van der Waals surface area contributed by atoms with Crippen LogP contribution in [0.15, 0.2) is 23.2 Å². The normalized spacial score (nSPS) is 11.2. The van der Waals surface area contributed by atoms with Gasteiger partial charge in [0.05, 0.1) is 17.8 Å². The topological polar surface area (TPSA) is 34.5 Å². The maximum atomic E-state index is 5.96. The van der Waals surface area contributed by atoms with Crippen LogP contribution in [0.2, 0.25) is 0 Å². The van der Waals surface area contributed by atoms with E-state index >= 15 is 0 Å². The summed E-state index contributed by atoms with van der Waals surface area (Å²) in [7, 11) is 1.55. The van der Waals surface area contributed by atoms with Crippen molar-refractivity contribution in [2.45, 2.75) is 6.92 Å². The van der Waals surface area contributed by atoms with Crippen LogP contribution in [0.1, 0.15) is 12.6 Å². The molecule has 74 valence electrons. The lowest BCUT2D eigenvalue weighted by Crippen LogP contribution is -1.91. The number of hydrogen-bond acceptors (Lipinski definition) is 3. The third-order valence-corrected chi connectivity index (χ3v) is 2.10. The molecule has 0 radical (unpaired) electrons.